The van der Waals surface area contributed by atoms with E-state index < -0.39 is 11.9 Å². The summed E-state index contributed by atoms with van der Waals surface area (Å²) in [5, 5.41) is 11.6. The molecule has 88 valence electrons. The number of carbonyl (C=O) groups excluding carboxylic acids is 1. The van der Waals surface area contributed by atoms with E-state index in [0.717, 1.165) is 12.8 Å². The molecule has 0 aromatic rings. The summed E-state index contributed by atoms with van der Waals surface area (Å²) < 4.78 is 5.25. The minimum Gasteiger partial charge on any atom is -0.481 e. The van der Waals surface area contributed by atoms with E-state index in [1.165, 1.54) is 0 Å². The number of hydrogen-bond donors (Lipinski definition) is 2. The van der Waals surface area contributed by atoms with E-state index in [9.17, 15) is 9.59 Å². The summed E-state index contributed by atoms with van der Waals surface area (Å²) in [4.78, 5) is 22.4. The minimum atomic E-state index is -0.842. The first-order valence-corrected chi connectivity index (χ1v) is 5.50. The van der Waals surface area contributed by atoms with Gasteiger partial charge in [-0.2, -0.15) is 0 Å². The first kappa shape index (κ1) is 11.1. The van der Waals surface area contributed by atoms with E-state index >= 15 is 0 Å². The molecule has 1 heterocycles. The van der Waals surface area contributed by atoms with E-state index in [-0.39, 0.29) is 18.1 Å². The molecular formula is C11H15NO4. The van der Waals surface area contributed by atoms with Crippen LogP contribution in [0.2, 0.25) is 0 Å². The zero-order valence-electron chi connectivity index (χ0n) is 8.89. The summed E-state index contributed by atoms with van der Waals surface area (Å²) in [5.41, 5.74) is 0. The predicted octanol–water partition coefficient (Wildman–Crippen LogP) is 0.311. The van der Waals surface area contributed by atoms with Crippen LogP contribution in [-0.2, 0) is 14.3 Å². The van der Waals surface area contributed by atoms with Crippen molar-refractivity contribution in [2.75, 3.05) is 6.61 Å². The van der Waals surface area contributed by atoms with Crippen molar-refractivity contribution in [1.82, 2.24) is 5.32 Å². The molecule has 1 aliphatic carbocycles. The molecule has 0 aromatic heterocycles. The van der Waals surface area contributed by atoms with Crippen LogP contribution in [0.4, 0.5) is 0 Å². The fourth-order valence-electron chi connectivity index (χ4n) is 2.05. The van der Waals surface area contributed by atoms with Gasteiger partial charge in [0.15, 0.2) is 0 Å². The topological polar surface area (TPSA) is 75.6 Å². The zero-order chi connectivity index (χ0) is 11.5. The summed E-state index contributed by atoms with van der Waals surface area (Å²) >= 11 is 0. The number of carboxylic acid groups (broad SMARTS) is 1. The van der Waals surface area contributed by atoms with Gasteiger partial charge in [-0.25, -0.2) is 0 Å². The molecular weight excluding hydrogens is 210 g/mol. The van der Waals surface area contributed by atoms with Crippen molar-refractivity contribution in [3.63, 3.8) is 0 Å². The molecule has 0 radical (unpaired) electrons. The fourth-order valence-corrected chi connectivity index (χ4v) is 2.05. The van der Waals surface area contributed by atoms with Crippen LogP contribution in [0.5, 0.6) is 0 Å². The average molecular weight is 225 g/mol. The molecule has 2 rings (SSSR count). The van der Waals surface area contributed by atoms with Crippen molar-refractivity contribution in [1.29, 1.82) is 0 Å². The average Bonchev–Trinajstić information content (AvgIpc) is 2.87. The van der Waals surface area contributed by atoms with E-state index in [1.807, 2.05) is 0 Å². The van der Waals surface area contributed by atoms with Gasteiger partial charge in [-0.15, -0.1) is 0 Å². The number of rotatable bonds is 3. The highest BCUT2D eigenvalue weighted by Gasteiger charge is 2.29. The van der Waals surface area contributed by atoms with Crippen molar-refractivity contribution < 1.29 is 19.4 Å². The van der Waals surface area contributed by atoms with Gasteiger partial charge < -0.3 is 15.2 Å². The zero-order valence-corrected chi connectivity index (χ0v) is 8.89. The lowest BCUT2D eigenvalue weighted by Crippen LogP contribution is -2.40. The van der Waals surface area contributed by atoms with E-state index in [2.05, 4.69) is 5.32 Å². The Morgan fingerprint density at radius 3 is 2.75 bits per heavy atom. The van der Waals surface area contributed by atoms with Crippen LogP contribution < -0.4 is 5.32 Å². The van der Waals surface area contributed by atoms with Crippen molar-refractivity contribution in [2.24, 2.45) is 5.92 Å². The third kappa shape index (κ3) is 2.41. The summed E-state index contributed by atoms with van der Waals surface area (Å²) in [5.74, 6) is -1.45. The van der Waals surface area contributed by atoms with E-state index in [0.29, 0.717) is 13.0 Å². The molecule has 0 spiro atoms. The van der Waals surface area contributed by atoms with Crippen LogP contribution in [-0.4, -0.2) is 35.7 Å². The Balaban J connectivity index is 1.81. The Bertz CT molecular complexity index is 320. The molecule has 1 amide bonds. The van der Waals surface area contributed by atoms with E-state index in [1.54, 1.807) is 12.2 Å². The molecule has 5 heteroatoms. The monoisotopic (exact) mass is 225 g/mol. The number of nitrogens with one attached hydrogen (secondary N) is 1. The molecule has 1 aliphatic heterocycles. The van der Waals surface area contributed by atoms with Crippen molar-refractivity contribution in [3.8, 4) is 0 Å². The summed E-state index contributed by atoms with van der Waals surface area (Å²) in [7, 11) is 0. The van der Waals surface area contributed by atoms with Gasteiger partial charge in [-0.3, -0.25) is 9.59 Å². The quantitative estimate of drug-likeness (QED) is 0.678. The first-order chi connectivity index (χ1) is 7.66. The molecule has 0 aromatic carbocycles. The van der Waals surface area contributed by atoms with E-state index in [4.69, 9.17) is 9.84 Å². The van der Waals surface area contributed by atoms with Gasteiger partial charge in [0.05, 0.1) is 5.92 Å². The highest BCUT2D eigenvalue weighted by molar-refractivity contribution is 5.82. The molecule has 0 saturated carbocycles. The number of hydrogen-bond acceptors (Lipinski definition) is 3. The number of ether oxygens (including phenoxy) is 1. The van der Waals surface area contributed by atoms with Gasteiger partial charge in [0, 0.05) is 12.6 Å². The highest BCUT2D eigenvalue weighted by atomic mass is 16.5. The Labute approximate surface area is 93.5 Å². The molecule has 3 atom stereocenters. The highest BCUT2D eigenvalue weighted by Crippen LogP contribution is 2.19. The minimum absolute atomic E-state index is 0.127. The van der Waals surface area contributed by atoms with Crippen LogP contribution in [0.1, 0.15) is 19.3 Å². The van der Waals surface area contributed by atoms with Crippen LogP contribution in [0, 0.1) is 5.92 Å². The van der Waals surface area contributed by atoms with Crippen LogP contribution in [0.3, 0.4) is 0 Å². The molecule has 1 fully saturated rings. The molecule has 2 unspecified atom stereocenters. The molecule has 2 aliphatic rings. The maximum atomic E-state index is 11.7. The lowest BCUT2D eigenvalue weighted by atomic mass is 10.1. The lowest BCUT2D eigenvalue weighted by Gasteiger charge is -2.15. The second-order valence-electron chi connectivity index (χ2n) is 4.18. The fraction of sp³-hybridized carbons (Fsp3) is 0.636. The number of amides is 1. The largest absolute Gasteiger partial charge is 0.481 e. The van der Waals surface area contributed by atoms with Crippen molar-refractivity contribution >= 4 is 11.9 Å². The van der Waals surface area contributed by atoms with Gasteiger partial charge in [-0.1, -0.05) is 12.2 Å². The maximum absolute atomic E-state index is 11.7. The smallest absolute Gasteiger partial charge is 0.310 e. The Morgan fingerprint density at radius 1 is 1.38 bits per heavy atom. The second-order valence-corrected chi connectivity index (χ2v) is 4.18. The lowest BCUT2D eigenvalue weighted by molar-refractivity contribution is -0.140. The molecule has 5 nitrogen and oxygen atoms in total. The number of aliphatic carboxylic acids is 1. The summed E-state index contributed by atoms with van der Waals surface area (Å²) in [6.07, 6.45) is 5.13. The molecule has 1 saturated heterocycles. The summed E-state index contributed by atoms with van der Waals surface area (Å²) in [6, 6.07) is -0.169. The Morgan fingerprint density at radius 2 is 2.19 bits per heavy atom. The first-order valence-electron chi connectivity index (χ1n) is 5.50. The van der Waals surface area contributed by atoms with Crippen LogP contribution in [0.15, 0.2) is 12.2 Å². The van der Waals surface area contributed by atoms with Gasteiger partial charge in [0.2, 0.25) is 5.91 Å². The van der Waals surface area contributed by atoms with Crippen molar-refractivity contribution in [2.45, 2.75) is 31.4 Å². The predicted molar refractivity (Wildman–Crippen MR) is 55.8 cm³/mol. The van der Waals surface area contributed by atoms with Crippen LogP contribution in [0.25, 0.3) is 0 Å². The second kappa shape index (κ2) is 4.65. The normalized spacial score (nSPS) is 32.9. The third-order valence-corrected chi connectivity index (χ3v) is 2.95. The molecule has 2 N–H and O–H groups in total. The molecule has 16 heavy (non-hydrogen) atoms. The van der Waals surface area contributed by atoms with Gasteiger partial charge in [0.25, 0.3) is 0 Å². The Kier molecular flexibility index (Phi) is 3.24. The third-order valence-electron chi connectivity index (χ3n) is 2.95. The number of carboxylic acids is 1. The van der Waals surface area contributed by atoms with Gasteiger partial charge >= 0.3 is 5.97 Å². The summed E-state index contributed by atoms with van der Waals surface area (Å²) in [6.45, 7) is 0.635. The van der Waals surface area contributed by atoms with Crippen LogP contribution >= 0.6 is 0 Å². The number of carbonyl (C=O) groups is 2. The maximum Gasteiger partial charge on any atom is 0.310 e. The van der Waals surface area contributed by atoms with Gasteiger partial charge in [0.1, 0.15) is 6.10 Å². The Hall–Kier alpha value is -1.36. The van der Waals surface area contributed by atoms with Crippen molar-refractivity contribution in [3.05, 3.63) is 12.2 Å². The van der Waals surface area contributed by atoms with Gasteiger partial charge in [-0.05, 0) is 19.3 Å². The SMILES string of the molecule is O=C(O)C1C=CC(NC(=O)[C@@H]2CCCO2)C1. The molecule has 0 bridgehead atoms. The standard InChI is InChI=1S/C11H15NO4/c13-10(9-2-1-5-16-9)12-8-4-3-7(6-8)11(14)15/h3-4,7-9H,1-2,5-6H2,(H,12,13)(H,14,15)/t7?,8?,9-/m0/s1.